The zero-order valence-electron chi connectivity index (χ0n) is 17.3. The van der Waals surface area contributed by atoms with Crippen molar-refractivity contribution in [3.8, 4) is 0 Å². The Morgan fingerprint density at radius 2 is 1.85 bits per heavy atom. The summed E-state index contributed by atoms with van der Waals surface area (Å²) in [4.78, 5) is 11.7. The van der Waals surface area contributed by atoms with Crippen LogP contribution in [-0.2, 0) is 6.54 Å². The Balaban J connectivity index is 1.96. The zero-order chi connectivity index (χ0) is 18.9. The van der Waals surface area contributed by atoms with Gasteiger partial charge in [-0.25, -0.2) is 9.98 Å². The number of nitrogens with one attached hydrogen (secondary N) is 2. The number of aliphatic imine (C=N–C) groups is 1. The molecule has 1 aromatic heterocycles. The molecule has 1 unspecified atom stereocenters. The molecule has 0 aliphatic carbocycles. The van der Waals surface area contributed by atoms with Crippen LogP contribution < -0.4 is 10.6 Å². The normalized spacial score (nSPS) is 18.0. The van der Waals surface area contributed by atoms with Gasteiger partial charge < -0.3 is 15.1 Å². The van der Waals surface area contributed by atoms with E-state index >= 15 is 0 Å². The highest BCUT2D eigenvalue weighted by Gasteiger charge is 2.22. The second kappa shape index (κ2) is 10.6. The van der Waals surface area contributed by atoms with Crippen LogP contribution >= 0.6 is 0 Å². The zero-order valence-corrected chi connectivity index (χ0v) is 17.3. The first kappa shape index (κ1) is 20.7. The van der Waals surface area contributed by atoms with E-state index in [4.69, 9.17) is 4.42 Å². The topological polar surface area (TPSA) is 65.7 Å². The molecule has 6 heteroatoms. The lowest BCUT2D eigenvalue weighted by atomic mass is 10.0. The highest BCUT2D eigenvalue weighted by molar-refractivity contribution is 5.79. The number of hydrogen-bond donors (Lipinski definition) is 2. The molecule has 2 N–H and O–H groups in total. The Labute approximate surface area is 158 Å². The first-order valence-electron chi connectivity index (χ1n) is 10.2. The second-order valence-electron chi connectivity index (χ2n) is 7.59. The Morgan fingerprint density at radius 3 is 2.38 bits per heavy atom. The van der Waals surface area contributed by atoms with Crippen LogP contribution in [0.25, 0.3) is 0 Å². The van der Waals surface area contributed by atoms with Crippen LogP contribution in [0.1, 0.15) is 63.8 Å². The molecule has 0 spiro atoms. The van der Waals surface area contributed by atoms with Crippen molar-refractivity contribution < 1.29 is 4.42 Å². The number of hydrogen-bond acceptors (Lipinski definition) is 4. The van der Waals surface area contributed by atoms with E-state index in [2.05, 4.69) is 46.3 Å². The van der Waals surface area contributed by atoms with E-state index in [1.807, 2.05) is 13.8 Å². The van der Waals surface area contributed by atoms with Gasteiger partial charge in [-0.3, -0.25) is 4.90 Å². The maximum Gasteiger partial charge on any atom is 0.216 e. The predicted molar refractivity (Wildman–Crippen MR) is 107 cm³/mol. The molecule has 1 atom stereocenters. The van der Waals surface area contributed by atoms with E-state index in [9.17, 15) is 0 Å². The number of guanidine groups is 1. The monoisotopic (exact) mass is 363 g/mol. The lowest BCUT2D eigenvalue weighted by Gasteiger charge is -2.34. The maximum atomic E-state index is 5.63. The van der Waals surface area contributed by atoms with E-state index in [1.165, 1.54) is 38.8 Å². The standard InChI is InChI=1S/C20H37N5O/c1-6-21-20(23-14-19-24-16(4)17(5)26-19)22-13-18(15(2)3)25-11-9-7-8-10-12-25/h15,18H,6-14H2,1-5H3,(H2,21,22,23). The fourth-order valence-electron chi connectivity index (χ4n) is 3.51. The summed E-state index contributed by atoms with van der Waals surface area (Å²) in [6.45, 7) is 15.3. The van der Waals surface area contributed by atoms with Gasteiger partial charge >= 0.3 is 0 Å². The Morgan fingerprint density at radius 1 is 1.15 bits per heavy atom. The molecule has 1 saturated heterocycles. The van der Waals surface area contributed by atoms with Crippen molar-refractivity contribution in [3.63, 3.8) is 0 Å². The molecule has 1 aromatic rings. The van der Waals surface area contributed by atoms with E-state index in [0.717, 1.165) is 30.5 Å². The van der Waals surface area contributed by atoms with Crippen LogP contribution in [0.15, 0.2) is 9.41 Å². The molecular weight excluding hydrogens is 326 g/mol. The summed E-state index contributed by atoms with van der Waals surface area (Å²) >= 11 is 0. The van der Waals surface area contributed by atoms with Crippen LogP contribution in [0.4, 0.5) is 0 Å². The lowest BCUT2D eigenvalue weighted by molar-refractivity contribution is 0.161. The Hall–Kier alpha value is -1.56. The van der Waals surface area contributed by atoms with Gasteiger partial charge in [0.15, 0.2) is 5.96 Å². The van der Waals surface area contributed by atoms with Gasteiger partial charge in [0.05, 0.1) is 5.69 Å². The molecule has 0 saturated carbocycles. The third kappa shape index (κ3) is 6.31. The van der Waals surface area contributed by atoms with E-state index in [0.29, 0.717) is 24.4 Å². The maximum absolute atomic E-state index is 5.63. The van der Waals surface area contributed by atoms with Crippen LogP contribution in [-0.4, -0.2) is 48.1 Å². The Bertz CT molecular complexity index is 539. The summed E-state index contributed by atoms with van der Waals surface area (Å²) in [5.74, 6) is 2.99. The minimum Gasteiger partial charge on any atom is -0.444 e. The molecule has 0 radical (unpaired) electrons. The predicted octanol–water partition coefficient (Wildman–Crippen LogP) is 3.25. The summed E-state index contributed by atoms with van der Waals surface area (Å²) in [7, 11) is 0. The molecule has 1 aliphatic rings. The first-order valence-corrected chi connectivity index (χ1v) is 10.2. The third-order valence-electron chi connectivity index (χ3n) is 5.15. The molecule has 26 heavy (non-hydrogen) atoms. The highest BCUT2D eigenvalue weighted by Crippen LogP contribution is 2.17. The summed E-state index contributed by atoms with van der Waals surface area (Å²) in [5, 5.41) is 6.87. The molecule has 0 amide bonds. The third-order valence-corrected chi connectivity index (χ3v) is 5.15. The van der Waals surface area contributed by atoms with Crippen molar-refractivity contribution >= 4 is 5.96 Å². The van der Waals surface area contributed by atoms with Gasteiger partial charge in [-0.2, -0.15) is 0 Å². The SMILES string of the molecule is CCNC(=NCc1nc(C)c(C)o1)NCC(C(C)C)N1CCCCCC1. The van der Waals surface area contributed by atoms with Crippen LogP contribution in [0.2, 0.25) is 0 Å². The Kier molecular flexibility index (Phi) is 8.42. The second-order valence-corrected chi connectivity index (χ2v) is 7.59. The van der Waals surface area contributed by atoms with Crippen LogP contribution in [0.3, 0.4) is 0 Å². The number of nitrogens with zero attached hydrogens (tertiary/aromatic N) is 3. The van der Waals surface area contributed by atoms with Crippen molar-refractivity contribution in [2.75, 3.05) is 26.2 Å². The van der Waals surface area contributed by atoms with Gasteiger partial charge in [-0.15, -0.1) is 0 Å². The molecule has 1 aliphatic heterocycles. The average Bonchev–Trinajstić information content (AvgIpc) is 2.79. The summed E-state index contributed by atoms with van der Waals surface area (Å²) in [6.07, 6.45) is 5.38. The molecule has 148 valence electrons. The largest absolute Gasteiger partial charge is 0.444 e. The van der Waals surface area contributed by atoms with E-state index in [1.54, 1.807) is 0 Å². The fraction of sp³-hybridized carbons (Fsp3) is 0.800. The summed E-state index contributed by atoms with van der Waals surface area (Å²) in [5.41, 5.74) is 0.939. The van der Waals surface area contributed by atoms with Gasteiger partial charge in [0, 0.05) is 19.1 Å². The van der Waals surface area contributed by atoms with Gasteiger partial charge in [-0.1, -0.05) is 26.7 Å². The minimum absolute atomic E-state index is 0.458. The molecule has 2 rings (SSSR count). The number of rotatable bonds is 7. The summed E-state index contributed by atoms with van der Waals surface area (Å²) < 4.78 is 5.63. The van der Waals surface area contributed by atoms with Crippen LogP contribution in [0, 0.1) is 19.8 Å². The smallest absolute Gasteiger partial charge is 0.216 e. The molecule has 1 fully saturated rings. The quantitative estimate of drug-likeness (QED) is 0.575. The lowest BCUT2D eigenvalue weighted by Crippen LogP contribution is -2.49. The number of oxazole rings is 1. The highest BCUT2D eigenvalue weighted by atomic mass is 16.4. The van der Waals surface area contributed by atoms with Gasteiger partial charge in [-0.05, 0) is 52.6 Å². The summed E-state index contributed by atoms with van der Waals surface area (Å²) in [6, 6.07) is 0.531. The molecule has 0 bridgehead atoms. The van der Waals surface area contributed by atoms with Crippen molar-refractivity contribution in [2.24, 2.45) is 10.9 Å². The van der Waals surface area contributed by atoms with Crippen molar-refractivity contribution in [3.05, 3.63) is 17.3 Å². The fourth-order valence-corrected chi connectivity index (χ4v) is 3.51. The minimum atomic E-state index is 0.458. The molecular formula is C20H37N5O. The molecule has 0 aromatic carbocycles. The van der Waals surface area contributed by atoms with Gasteiger partial charge in [0.25, 0.3) is 0 Å². The molecule has 6 nitrogen and oxygen atoms in total. The van der Waals surface area contributed by atoms with E-state index in [-0.39, 0.29) is 0 Å². The van der Waals surface area contributed by atoms with Gasteiger partial charge in [0.2, 0.25) is 5.89 Å². The number of aryl methyl sites for hydroxylation is 2. The van der Waals surface area contributed by atoms with Gasteiger partial charge in [0.1, 0.15) is 12.3 Å². The average molecular weight is 364 g/mol. The van der Waals surface area contributed by atoms with Crippen molar-refractivity contribution in [1.29, 1.82) is 0 Å². The van der Waals surface area contributed by atoms with Crippen molar-refractivity contribution in [1.82, 2.24) is 20.5 Å². The number of aromatic nitrogens is 1. The first-order chi connectivity index (χ1) is 12.5. The van der Waals surface area contributed by atoms with E-state index < -0.39 is 0 Å². The number of likely N-dealkylation sites (tertiary alicyclic amines) is 1. The molecule has 2 heterocycles. The van der Waals surface area contributed by atoms with Crippen molar-refractivity contribution in [2.45, 2.75) is 72.9 Å². The van der Waals surface area contributed by atoms with Crippen LogP contribution in [0.5, 0.6) is 0 Å².